The molecule has 23 heavy (non-hydrogen) atoms. The van der Waals surface area contributed by atoms with E-state index in [9.17, 15) is 13.2 Å². The van der Waals surface area contributed by atoms with E-state index in [1.54, 1.807) is 0 Å². The molecule has 1 N–H and O–H groups in total. The molecule has 0 bridgehead atoms. The molecule has 1 heterocycles. The maximum Gasteiger partial charge on any atom is 0.252 e. The first kappa shape index (κ1) is 20.4. The summed E-state index contributed by atoms with van der Waals surface area (Å²) < 4.78 is 31.4. The molecule has 0 aliphatic carbocycles. The van der Waals surface area contributed by atoms with Crippen molar-refractivity contribution in [3.63, 3.8) is 0 Å². The Balaban J connectivity index is 2.33. The molecule has 0 spiro atoms. The Labute approximate surface area is 146 Å². The highest BCUT2D eigenvalue weighted by molar-refractivity contribution is 7.91. The molecule has 1 amide bonds. The summed E-state index contributed by atoms with van der Waals surface area (Å²) in [7, 11) is -2.31. The summed E-state index contributed by atoms with van der Waals surface area (Å²) in [6.07, 6.45) is 0.690. The lowest BCUT2D eigenvalue weighted by atomic mass is 10.2. The SMILES string of the molecule is CC(C)COCCCNC(=O)CN(C)S(=O)(=O)c1ccc(Cl)s1. The topological polar surface area (TPSA) is 75.7 Å². The van der Waals surface area contributed by atoms with Crippen LogP contribution in [0.2, 0.25) is 4.34 Å². The van der Waals surface area contributed by atoms with Crippen molar-refractivity contribution >= 4 is 38.9 Å². The van der Waals surface area contributed by atoms with Crippen molar-refractivity contribution in [3.8, 4) is 0 Å². The van der Waals surface area contributed by atoms with Crippen LogP contribution in [0.1, 0.15) is 20.3 Å². The average molecular weight is 383 g/mol. The third kappa shape index (κ3) is 7.17. The van der Waals surface area contributed by atoms with Crippen molar-refractivity contribution in [1.82, 2.24) is 9.62 Å². The summed E-state index contributed by atoms with van der Waals surface area (Å²) >= 11 is 6.72. The van der Waals surface area contributed by atoms with Crippen molar-refractivity contribution in [2.45, 2.75) is 24.5 Å². The molecule has 0 saturated carbocycles. The van der Waals surface area contributed by atoms with Crippen LogP contribution in [0.15, 0.2) is 16.3 Å². The highest BCUT2D eigenvalue weighted by Gasteiger charge is 2.24. The molecule has 0 saturated heterocycles. The quantitative estimate of drug-likeness (QED) is 0.629. The normalized spacial score (nSPS) is 12.1. The van der Waals surface area contributed by atoms with E-state index in [2.05, 4.69) is 19.2 Å². The fourth-order valence-corrected chi connectivity index (χ4v) is 4.47. The van der Waals surface area contributed by atoms with E-state index in [0.29, 0.717) is 36.4 Å². The zero-order valence-electron chi connectivity index (χ0n) is 13.5. The minimum atomic E-state index is -3.68. The lowest BCUT2D eigenvalue weighted by Crippen LogP contribution is -2.38. The van der Waals surface area contributed by atoms with E-state index in [0.717, 1.165) is 15.6 Å². The first-order valence-corrected chi connectivity index (χ1v) is 9.93. The molecule has 0 fully saturated rings. The van der Waals surface area contributed by atoms with Gasteiger partial charge in [-0.05, 0) is 24.5 Å². The number of ether oxygens (including phenoxy) is 1. The molecule has 0 aliphatic heterocycles. The van der Waals surface area contributed by atoms with Crippen LogP contribution in [0.5, 0.6) is 0 Å². The molecule has 6 nitrogen and oxygen atoms in total. The van der Waals surface area contributed by atoms with Gasteiger partial charge in [0.25, 0.3) is 10.0 Å². The molecular weight excluding hydrogens is 360 g/mol. The fourth-order valence-electron chi connectivity index (χ4n) is 1.65. The summed E-state index contributed by atoms with van der Waals surface area (Å²) in [5, 5.41) is 2.68. The highest BCUT2D eigenvalue weighted by Crippen LogP contribution is 2.27. The Morgan fingerprint density at radius 3 is 2.70 bits per heavy atom. The molecule has 132 valence electrons. The number of sulfonamides is 1. The largest absolute Gasteiger partial charge is 0.381 e. The van der Waals surface area contributed by atoms with Crippen LogP contribution in [-0.4, -0.2) is 52.0 Å². The first-order valence-electron chi connectivity index (χ1n) is 7.29. The number of carbonyl (C=O) groups is 1. The third-order valence-electron chi connectivity index (χ3n) is 2.82. The number of hydrogen-bond acceptors (Lipinski definition) is 5. The summed E-state index contributed by atoms with van der Waals surface area (Å²) in [5.41, 5.74) is 0. The van der Waals surface area contributed by atoms with E-state index < -0.39 is 10.0 Å². The van der Waals surface area contributed by atoms with E-state index in [1.165, 1.54) is 19.2 Å². The van der Waals surface area contributed by atoms with Gasteiger partial charge in [0.15, 0.2) is 0 Å². The van der Waals surface area contributed by atoms with Gasteiger partial charge >= 0.3 is 0 Å². The third-order valence-corrected chi connectivity index (χ3v) is 6.32. The number of nitrogens with one attached hydrogen (secondary N) is 1. The summed E-state index contributed by atoms with van der Waals surface area (Å²) in [6, 6.07) is 2.95. The van der Waals surface area contributed by atoms with Crippen LogP contribution < -0.4 is 5.32 Å². The van der Waals surface area contributed by atoms with Gasteiger partial charge in [0, 0.05) is 26.8 Å². The molecule has 0 aromatic carbocycles. The number of halogens is 1. The first-order chi connectivity index (χ1) is 10.7. The van der Waals surface area contributed by atoms with Crippen LogP contribution >= 0.6 is 22.9 Å². The lowest BCUT2D eigenvalue weighted by Gasteiger charge is -2.15. The number of likely N-dealkylation sites (N-methyl/N-ethyl adjacent to an activating group) is 1. The molecular formula is C14H23ClN2O4S2. The van der Waals surface area contributed by atoms with Gasteiger partial charge < -0.3 is 10.1 Å². The zero-order valence-corrected chi connectivity index (χ0v) is 15.9. The van der Waals surface area contributed by atoms with Gasteiger partial charge in [-0.25, -0.2) is 8.42 Å². The van der Waals surface area contributed by atoms with Crippen LogP contribution in [0, 0.1) is 5.92 Å². The lowest BCUT2D eigenvalue weighted by molar-refractivity contribution is -0.121. The van der Waals surface area contributed by atoms with Gasteiger partial charge in [-0.3, -0.25) is 4.79 Å². The Bertz CT molecular complexity index is 602. The van der Waals surface area contributed by atoms with E-state index in [1.807, 2.05) is 0 Å². The van der Waals surface area contributed by atoms with E-state index in [4.69, 9.17) is 16.3 Å². The molecule has 0 unspecified atom stereocenters. The summed E-state index contributed by atoms with van der Waals surface area (Å²) in [4.78, 5) is 11.8. The van der Waals surface area contributed by atoms with Crippen LogP contribution in [-0.2, 0) is 19.6 Å². The van der Waals surface area contributed by atoms with Crippen molar-refractivity contribution in [2.24, 2.45) is 5.92 Å². The minimum absolute atomic E-state index is 0.125. The molecule has 0 radical (unpaired) electrons. The number of carbonyl (C=O) groups excluding carboxylic acids is 1. The molecule has 0 atom stereocenters. The van der Waals surface area contributed by atoms with Gasteiger partial charge in [-0.15, -0.1) is 11.3 Å². The predicted molar refractivity (Wildman–Crippen MR) is 92.4 cm³/mol. The van der Waals surface area contributed by atoms with Gasteiger partial charge in [0.2, 0.25) is 5.91 Å². The Kier molecular flexibility index (Phi) is 8.49. The zero-order chi connectivity index (χ0) is 17.5. The van der Waals surface area contributed by atoms with Crippen molar-refractivity contribution in [3.05, 3.63) is 16.5 Å². The molecule has 1 aromatic rings. The molecule has 0 aliphatic rings. The maximum atomic E-state index is 12.2. The second-order valence-corrected chi connectivity index (χ2v) is 9.48. The summed E-state index contributed by atoms with van der Waals surface area (Å²) in [6.45, 7) is 5.62. The highest BCUT2D eigenvalue weighted by atomic mass is 35.5. The maximum absolute atomic E-state index is 12.2. The minimum Gasteiger partial charge on any atom is -0.381 e. The molecule has 1 rings (SSSR count). The number of amides is 1. The van der Waals surface area contributed by atoms with Crippen molar-refractivity contribution < 1.29 is 17.9 Å². The average Bonchev–Trinajstić information content (AvgIpc) is 2.89. The van der Waals surface area contributed by atoms with Gasteiger partial charge in [0.05, 0.1) is 10.9 Å². The van der Waals surface area contributed by atoms with E-state index >= 15 is 0 Å². The number of nitrogens with zero attached hydrogens (tertiary/aromatic N) is 1. The Morgan fingerprint density at radius 1 is 1.43 bits per heavy atom. The predicted octanol–water partition coefficient (Wildman–Crippen LogP) is 2.20. The van der Waals surface area contributed by atoms with Gasteiger partial charge in [-0.1, -0.05) is 25.4 Å². The van der Waals surface area contributed by atoms with E-state index in [-0.39, 0.29) is 16.7 Å². The van der Waals surface area contributed by atoms with Crippen molar-refractivity contribution in [2.75, 3.05) is 33.4 Å². The smallest absolute Gasteiger partial charge is 0.252 e. The molecule has 9 heteroatoms. The van der Waals surface area contributed by atoms with Crippen LogP contribution in [0.3, 0.4) is 0 Å². The second-order valence-electron chi connectivity index (χ2n) is 5.49. The van der Waals surface area contributed by atoms with Gasteiger partial charge in [0.1, 0.15) is 4.21 Å². The standard InChI is InChI=1S/C14H23ClN2O4S2/c1-11(2)10-21-8-4-7-16-13(18)9-17(3)23(19,20)14-6-5-12(15)22-14/h5-6,11H,4,7-10H2,1-3H3,(H,16,18). The fraction of sp³-hybridized carbons (Fsp3) is 0.643. The van der Waals surface area contributed by atoms with Crippen LogP contribution in [0.25, 0.3) is 0 Å². The number of rotatable bonds is 10. The molecule has 1 aromatic heterocycles. The second kappa shape index (κ2) is 9.58. The number of hydrogen-bond donors (Lipinski definition) is 1. The Morgan fingerprint density at radius 2 is 2.13 bits per heavy atom. The monoisotopic (exact) mass is 382 g/mol. The van der Waals surface area contributed by atoms with Crippen LogP contribution in [0.4, 0.5) is 0 Å². The van der Waals surface area contributed by atoms with Gasteiger partial charge in [-0.2, -0.15) is 4.31 Å². The van der Waals surface area contributed by atoms with Crippen molar-refractivity contribution in [1.29, 1.82) is 0 Å². The number of thiophene rings is 1. The Hall–Kier alpha value is -0.670. The summed E-state index contributed by atoms with van der Waals surface area (Å²) in [5.74, 6) is 0.136.